The molecule has 0 spiro atoms. The van der Waals surface area contributed by atoms with Crippen LogP contribution < -0.4 is 5.56 Å². The standard InChI is InChI=1S/C44H31NOS/c1-3-28-23-31(20-22-41(28)45-42-27(2)26-47-43(42)38-17-8-9-18-39(38)44(45)46)29-11-10-12-30(24-29)32-19-21-37-35-15-5-4-13-33(35)34-14-6-7-16-36(34)40(37)25-32/h4-26H,3H2,1-2H3. The summed E-state index contributed by atoms with van der Waals surface area (Å²) in [6, 6.07) is 47.7. The summed E-state index contributed by atoms with van der Waals surface area (Å²) < 4.78 is 3.11. The molecule has 7 aromatic carbocycles. The zero-order valence-corrected chi connectivity index (χ0v) is 27.1. The molecule has 0 radical (unpaired) electrons. The van der Waals surface area contributed by atoms with Crippen LogP contribution in [0.2, 0.25) is 0 Å². The number of pyridine rings is 1. The molecule has 2 aromatic heterocycles. The molecular formula is C44H31NOS. The number of nitrogens with zero attached hydrogens (tertiary/aromatic N) is 1. The molecule has 0 saturated heterocycles. The second kappa shape index (κ2) is 10.8. The summed E-state index contributed by atoms with van der Waals surface area (Å²) in [6.45, 7) is 4.28. The van der Waals surface area contributed by atoms with Crippen LogP contribution in [0.25, 0.3) is 81.2 Å². The zero-order chi connectivity index (χ0) is 31.6. The Morgan fingerprint density at radius 2 is 1.06 bits per heavy atom. The highest BCUT2D eigenvalue weighted by Crippen LogP contribution is 2.38. The normalized spacial score (nSPS) is 11.8. The molecule has 0 fully saturated rings. The summed E-state index contributed by atoms with van der Waals surface area (Å²) in [5, 5.41) is 11.7. The summed E-state index contributed by atoms with van der Waals surface area (Å²) in [5.74, 6) is 0. The second-order valence-electron chi connectivity index (χ2n) is 12.4. The van der Waals surface area contributed by atoms with Gasteiger partial charge in [0.25, 0.3) is 5.56 Å². The van der Waals surface area contributed by atoms with Gasteiger partial charge >= 0.3 is 0 Å². The molecule has 3 heteroatoms. The van der Waals surface area contributed by atoms with Crippen LogP contribution in [0, 0.1) is 6.92 Å². The SMILES string of the molecule is CCc1cc(-c2cccc(-c3ccc4c5ccccc5c5ccccc5c4c3)c2)ccc1-n1c(=O)c2ccccc2c2scc(C)c21. The van der Waals surface area contributed by atoms with Gasteiger partial charge in [-0.05, 0) is 115 Å². The summed E-state index contributed by atoms with van der Waals surface area (Å²) in [4.78, 5) is 14.0. The van der Waals surface area contributed by atoms with Crippen molar-refractivity contribution in [2.45, 2.75) is 20.3 Å². The van der Waals surface area contributed by atoms with Crippen molar-refractivity contribution in [3.05, 3.63) is 160 Å². The van der Waals surface area contributed by atoms with Crippen molar-refractivity contribution in [1.29, 1.82) is 0 Å². The first kappa shape index (κ1) is 27.8. The van der Waals surface area contributed by atoms with Crippen LogP contribution in [-0.2, 0) is 6.42 Å². The number of fused-ring (bicyclic) bond motifs is 9. The van der Waals surface area contributed by atoms with E-state index < -0.39 is 0 Å². The van der Waals surface area contributed by atoms with E-state index in [-0.39, 0.29) is 5.56 Å². The van der Waals surface area contributed by atoms with E-state index >= 15 is 0 Å². The number of hydrogen-bond donors (Lipinski definition) is 0. The Morgan fingerprint density at radius 3 is 1.72 bits per heavy atom. The highest BCUT2D eigenvalue weighted by Gasteiger charge is 2.18. The minimum Gasteiger partial charge on any atom is -0.275 e. The fourth-order valence-electron chi connectivity index (χ4n) is 7.46. The number of hydrogen-bond acceptors (Lipinski definition) is 2. The number of benzene rings is 7. The van der Waals surface area contributed by atoms with Crippen molar-refractivity contribution < 1.29 is 0 Å². The molecule has 224 valence electrons. The largest absolute Gasteiger partial charge is 0.275 e. The maximum atomic E-state index is 14.0. The first-order valence-corrected chi connectivity index (χ1v) is 17.1. The van der Waals surface area contributed by atoms with Crippen molar-refractivity contribution in [3.8, 4) is 27.9 Å². The van der Waals surface area contributed by atoms with Gasteiger partial charge in [0, 0.05) is 10.8 Å². The second-order valence-corrected chi connectivity index (χ2v) is 13.3. The molecule has 2 heterocycles. The molecule has 0 aliphatic rings. The molecule has 9 aromatic rings. The van der Waals surface area contributed by atoms with Crippen molar-refractivity contribution in [1.82, 2.24) is 4.57 Å². The lowest BCUT2D eigenvalue weighted by molar-refractivity contribution is 1.00. The van der Waals surface area contributed by atoms with E-state index in [2.05, 4.69) is 134 Å². The smallest absolute Gasteiger partial charge is 0.263 e. The lowest BCUT2D eigenvalue weighted by atomic mass is 9.91. The average molecular weight is 622 g/mol. The van der Waals surface area contributed by atoms with E-state index in [0.29, 0.717) is 0 Å². The molecule has 0 aliphatic heterocycles. The molecule has 0 bridgehead atoms. The van der Waals surface area contributed by atoms with E-state index in [4.69, 9.17) is 0 Å². The third kappa shape index (κ3) is 4.27. The van der Waals surface area contributed by atoms with E-state index in [1.165, 1.54) is 43.4 Å². The van der Waals surface area contributed by atoms with Crippen LogP contribution in [0.1, 0.15) is 18.1 Å². The minimum atomic E-state index is 0.0376. The zero-order valence-electron chi connectivity index (χ0n) is 26.2. The van der Waals surface area contributed by atoms with Gasteiger partial charge in [0.2, 0.25) is 0 Å². The summed E-state index contributed by atoms with van der Waals surface area (Å²) in [6.07, 6.45) is 0.818. The molecular weight excluding hydrogens is 591 g/mol. The summed E-state index contributed by atoms with van der Waals surface area (Å²) >= 11 is 1.72. The average Bonchev–Trinajstić information content (AvgIpc) is 3.52. The number of aryl methyl sites for hydroxylation is 2. The molecule has 0 amide bonds. The minimum absolute atomic E-state index is 0.0376. The predicted molar refractivity (Wildman–Crippen MR) is 202 cm³/mol. The molecule has 0 aliphatic carbocycles. The molecule has 47 heavy (non-hydrogen) atoms. The molecule has 0 unspecified atom stereocenters. The fraction of sp³-hybridized carbons (Fsp3) is 0.0682. The molecule has 0 N–H and O–H groups in total. The van der Waals surface area contributed by atoms with Gasteiger partial charge in [-0.1, -0.05) is 110 Å². The maximum Gasteiger partial charge on any atom is 0.263 e. The quantitative estimate of drug-likeness (QED) is 0.179. The van der Waals surface area contributed by atoms with Crippen molar-refractivity contribution in [2.24, 2.45) is 0 Å². The van der Waals surface area contributed by atoms with Crippen LogP contribution in [0.4, 0.5) is 0 Å². The highest BCUT2D eigenvalue weighted by molar-refractivity contribution is 7.18. The van der Waals surface area contributed by atoms with Gasteiger partial charge in [0.05, 0.1) is 15.9 Å². The van der Waals surface area contributed by atoms with E-state index in [1.807, 2.05) is 22.8 Å². The third-order valence-corrected chi connectivity index (χ3v) is 10.9. The van der Waals surface area contributed by atoms with Gasteiger partial charge in [-0.15, -0.1) is 11.3 Å². The van der Waals surface area contributed by atoms with E-state index in [0.717, 1.165) is 55.4 Å². The predicted octanol–water partition coefficient (Wildman–Crippen LogP) is 11.9. The van der Waals surface area contributed by atoms with Gasteiger partial charge in [-0.2, -0.15) is 0 Å². The monoisotopic (exact) mass is 621 g/mol. The molecule has 2 nitrogen and oxygen atoms in total. The highest BCUT2D eigenvalue weighted by atomic mass is 32.1. The van der Waals surface area contributed by atoms with Gasteiger partial charge in [0.1, 0.15) is 0 Å². The van der Waals surface area contributed by atoms with E-state index in [1.54, 1.807) is 11.3 Å². The lowest BCUT2D eigenvalue weighted by Crippen LogP contribution is -2.20. The van der Waals surface area contributed by atoms with Crippen molar-refractivity contribution in [3.63, 3.8) is 0 Å². The first-order chi connectivity index (χ1) is 23.1. The summed E-state index contributed by atoms with van der Waals surface area (Å²) in [7, 11) is 0. The van der Waals surface area contributed by atoms with Crippen LogP contribution >= 0.6 is 11.3 Å². The molecule has 9 rings (SSSR count). The van der Waals surface area contributed by atoms with Crippen LogP contribution in [0.3, 0.4) is 0 Å². The maximum absolute atomic E-state index is 14.0. The van der Waals surface area contributed by atoms with Crippen molar-refractivity contribution >= 4 is 64.6 Å². The number of rotatable bonds is 4. The molecule has 0 atom stereocenters. The number of thiophene rings is 1. The lowest BCUT2D eigenvalue weighted by Gasteiger charge is -2.17. The Hall–Kier alpha value is -5.51. The van der Waals surface area contributed by atoms with Gasteiger partial charge in [-0.3, -0.25) is 9.36 Å². The van der Waals surface area contributed by atoms with Gasteiger partial charge in [-0.25, -0.2) is 0 Å². The Bertz CT molecular complexity index is 2730. The first-order valence-electron chi connectivity index (χ1n) is 16.2. The van der Waals surface area contributed by atoms with E-state index in [9.17, 15) is 4.79 Å². The Balaban J connectivity index is 1.18. The topological polar surface area (TPSA) is 22.0 Å². The van der Waals surface area contributed by atoms with Crippen molar-refractivity contribution in [2.75, 3.05) is 0 Å². The summed E-state index contributed by atoms with van der Waals surface area (Å²) in [5.41, 5.74) is 8.99. The van der Waals surface area contributed by atoms with Crippen LogP contribution in [0.15, 0.2) is 144 Å². The Labute approximate surface area is 276 Å². The van der Waals surface area contributed by atoms with Crippen LogP contribution in [0.5, 0.6) is 0 Å². The Morgan fingerprint density at radius 1 is 0.532 bits per heavy atom. The fourth-order valence-corrected chi connectivity index (χ4v) is 8.53. The molecule has 0 saturated carbocycles. The van der Waals surface area contributed by atoms with Gasteiger partial charge in [0.15, 0.2) is 0 Å². The van der Waals surface area contributed by atoms with Gasteiger partial charge < -0.3 is 0 Å². The Kier molecular flexibility index (Phi) is 6.38. The number of aromatic nitrogens is 1. The van der Waals surface area contributed by atoms with Crippen LogP contribution in [-0.4, -0.2) is 4.57 Å². The third-order valence-electron chi connectivity index (χ3n) is 9.75.